The largest absolute Gasteiger partial charge is 0.435 e. The Balaban J connectivity index is 1.22. The van der Waals surface area contributed by atoms with E-state index in [1.807, 2.05) is 0 Å². The number of likely N-dealkylation sites (tertiary alicyclic amines) is 1. The van der Waals surface area contributed by atoms with Gasteiger partial charge in [0, 0.05) is 37.4 Å². The van der Waals surface area contributed by atoms with Crippen LogP contribution in [0.15, 0.2) is 52.3 Å². The van der Waals surface area contributed by atoms with Crippen LogP contribution in [-0.4, -0.2) is 43.9 Å². The fourth-order valence-electron chi connectivity index (χ4n) is 5.10. The molecule has 1 aliphatic heterocycles. The van der Waals surface area contributed by atoms with Crippen molar-refractivity contribution in [1.29, 1.82) is 0 Å². The van der Waals surface area contributed by atoms with Gasteiger partial charge in [0.2, 0.25) is 0 Å². The summed E-state index contributed by atoms with van der Waals surface area (Å²) in [7, 11) is 0. The summed E-state index contributed by atoms with van der Waals surface area (Å²) < 4.78 is 79.1. The van der Waals surface area contributed by atoms with Crippen LogP contribution < -0.4 is 11.2 Å². The second-order valence-electron chi connectivity index (χ2n) is 9.33. The Morgan fingerprint density at radius 1 is 1.00 bits per heavy atom. The molecular weight excluding hydrogens is 492 g/mol. The number of fused-ring (bicyclic) bond motifs is 1. The maximum Gasteiger partial charge on any atom is 0.435 e. The van der Waals surface area contributed by atoms with E-state index in [1.165, 1.54) is 10.8 Å². The Hall–Kier alpha value is -3.35. The summed E-state index contributed by atoms with van der Waals surface area (Å²) >= 11 is 0. The van der Waals surface area contributed by atoms with E-state index in [0.29, 0.717) is 25.4 Å². The number of aromatic nitrogens is 4. The van der Waals surface area contributed by atoms with E-state index in [4.69, 9.17) is 0 Å². The lowest BCUT2D eigenvalue weighted by molar-refractivity contribution is -0.141. The summed E-state index contributed by atoms with van der Waals surface area (Å²) in [5.74, 6) is 0.360. The molecule has 1 saturated heterocycles. The Morgan fingerprint density at radius 2 is 1.72 bits per heavy atom. The van der Waals surface area contributed by atoms with Gasteiger partial charge in [-0.1, -0.05) is 12.1 Å². The van der Waals surface area contributed by atoms with Crippen molar-refractivity contribution < 1.29 is 26.3 Å². The molecule has 0 bridgehead atoms. The van der Waals surface area contributed by atoms with Crippen LogP contribution >= 0.6 is 0 Å². The molecule has 1 aliphatic carbocycles. The van der Waals surface area contributed by atoms with Gasteiger partial charge in [-0.05, 0) is 49.1 Å². The molecule has 36 heavy (non-hydrogen) atoms. The maximum absolute atomic E-state index is 12.9. The Morgan fingerprint density at radius 3 is 2.36 bits per heavy atom. The third kappa shape index (κ3) is 4.47. The number of aromatic amines is 1. The Labute approximate surface area is 200 Å². The fourth-order valence-corrected chi connectivity index (χ4v) is 5.10. The molecule has 3 aromatic rings. The number of hydrogen-bond acceptors (Lipinski definition) is 4. The Kier molecular flexibility index (Phi) is 5.65. The average Bonchev–Trinajstić information content (AvgIpc) is 3.13. The van der Waals surface area contributed by atoms with Gasteiger partial charge in [0.1, 0.15) is 5.69 Å². The van der Waals surface area contributed by atoms with Crippen molar-refractivity contribution in [3.05, 3.63) is 80.4 Å². The van der Waals surface area contributed by atoms with Crippen molar-refractivity contribution >= 4 is 0 Å². The highest BCUT2D eigenvalue weighted by Gasteiger charge is 2.60. The van der Waals surface area contributed by atoms with Crippen molar-refractivity contribution in [3.63, 3.8) is 0 Å². The molecule has 0 amide bonds. The van der Waals surface area contributed by atoms with Gasteiger partial charge in [-0.25, -0.2) is 9.48 Å². The summed E-state index contributed by atoms with van der Waals surface area (Å²) in [6.07, 6.45) is -5.42. The summed E-state index contributed by atoms with van der Waals surface area (Å²) in [6, 6.07) is 6.06. The lowest BCUT2D eigenvalue weighted by Crippen LogP contribution is -2.33. The SMILES string of the molecule is O=c1[nH]c(=O)n(CCCN2C[C@@H]3C[C@]3(c3ccc(C(F)(F)F)cc3)C2)cc1-n1ccc(C(F)(F)F)n1. The molecule has 0 spiro atoms. The van der Waals surface area contributed by atoms with Crippen molar-refractivity contribution in [2.75, 3.05) is 19.6 Å². The van der Waals surface area contributed by atoms with Crippen LogP contribution in [0.1, 0.15) is 29.7 Å². The molecule has 0 radical (unpaired) electrons. The number of rotatable bonds is 6. The van der Waals surface area contributed by atoms with Crippen LogP contribution in [0.4, 0.5) is 26.3 Å². The number of halogens is 6. The van der Waals surface area contributed by atoms with E-state index in [1.54, 1.807) is 12.1 Å². The molecule has 2 atom stereocenters. The van der Waals surface area contributed by atoms with E-state index < -0.39 is 34.9 Å². The van der Waals surface area contributed by atoms with Gasteiger partial charge in [0.15, 0.2) is 5.69 Å². The van der Waals surface area contributed by atoms with E-state index in [9.17, 15) is 35.9 Å². The van der Waals surface area contributed by atoms with Crippen molar-refractivity contribution in [2.24, 2.45) is 5.92 Å². The quantitative estimate of drug-likeness (QED) is 0.513. The normalized spacial score (nSPS) is 22.1. The highest BCUT2D eigenvalue weighted by Crippen LogP contribution is 2.59. The molecular formula is C23H21F6N5O2. The predicted octanol–water partition coefficient (Wildman–Crippen LogP) is 3.42. The molecule has 2 aromatic heterocycles. The first-order valence-corrected chi connectivity index (χ1v) is 11.2. The van der Waals surface area contributed by atoms with Crippen molar-refractivity contribution in [2.45, 2.75) is 37.2 Å². The van der Waals surface area contributed by atoms with Crippen LogP contribution in [0.25, 0.3) is 5.69 Å². The van der Waals surface area contributed by atoms with Gasteiger partial charge >= 0.3 is 18.0 Å². The number of hydrogen-bond donors (Lipinski definition) is 1. The standard InChI is InChI=1S/C23H21F6N5O2/c24-22(25,26)15-4-2-14(3-5-15)21-10-16(21)11-32(13-21)7-1-8-33-12-17(19(35)30-20(33)36)34-9-6-18(31-34)23(27,28)29/h2-6,9,12,16H,1,7-8,10-11,13H2,(H,30,35,36)/t16-,21+/m0/s1. The fraction of sp³-hybridized carbons (Fsp3) is 0.435. The number of piperidine rings is 1. The summed E-state index contributed by atoms with van der Waals surface area (Å²) in [4.78, 5) is 28.6. The number of benzene rings is 1. The first kappa shape index (κ1) is 24.3. The minimum atomic E-state index is -4.67. The summed E-state index contributed by atoms with van der Waals surface area (Å²) in [5, 5.41) is 3.38. The zero-order valence-electron chi connectivity index (χ0n) is 18.7. The molecule has 7 nitrogen and oxygen atoms in total. The number of aryl methyl sites for hydroxylation is 1. The van der Waals surface area contributed by atoms with Crippen LogP contribution in [0, 0.1) is 5.92 Å². The lowest BCUT2D eigenvalue weighted by Gasteiger charge is -2.21. The van der Waals surface area contributed by atoms with E-state index in [-0.39, 0.29) is 17.6 Å². The third-order valence-corrected chi connectivity index (χ3v) is 7.00. The zero-order valence-corrected chi connectivity index (χ0v) is 18.7. The molecule has 1 saturated carbocycles. The predicted molar refractivity (Wildman–Crippen MR) is 116 cm³/mol. The van der Waals surface area contributed by atoms with Gasteiger partial charge < -0.3 is 4.90 Å². The third-order valence-electron chi connectivity index (χ3n) is 7.00. The Bertz CT molecular complexity index is 1390. The summed E-state index contributed by atoms with van der Waals surface area (Å²) in [5.41, 5.74) is -2.85. The summed E-state index contributed by atoms with van der Waals surface area (Å²) in [6.45, 7) is 2.31. The second kappa shape index (κ2) is 8.36. The number of nitrogens with one attached hydrogen (secondary N) is 1. The minimum Gasteiger partial charge on any atom is -0.302 e. The molecule has 192 valence electrons. The monoisotopic (exact) mass is 513 g/mol. The molecule has 1 aromatic carbocycles. The van der Waals surface area contributed by atoms with E-state index in [2.05, 4.69) is 15.0 Å². The number of H-pyrrole nitrogens is 1. The van der Waals surface area contributed by atoms with Crippen LogP contribution in [-0.2, 0) is 24.3 Å². The van der Waals surface area contributed by atoms with Gasteiger partial charge in [-0.2, -0.15) is 31.4 Å². The zero-order chi connectivity index (χ0) is 25.9. The van der Waals surface area contributed by atoms with E-state index >= 15 is 0 Å². The second-order valence-corrected chi connectivity index (χ2v) is 9.33. The minimum absolute atomic E-state index is 0.150. The first-order valence-electron chi connectivity index (χ1n) is 11.2. The van der Waals surface area contributed by atoms with Crippen molar-refractivity contribution in [3.8, 4) is 5.69 Å². The van der Waals surface area contributed by atoms with Crippen LogP contribution in [0.5, 0.6) is 0 Å². The molecule has 13 heteroatoms. The van der Waals surface area contributed by atoms with Gasteiger partial charge in [-0.3, -0.25) is 14.3 Å². The molecule has 2 aliphatic rings. The molecule has 2 fully saturated rings. The van der Waals surface area contributed by atoms with E-state index in [0.717, 1.165) is 47.6 Å². The first-order chi connectivity index (χ1) is 16.9. The molecule has 3 heterocycles. The topological polar surface area (TPSA) is 75.9 Å². The van der Waals surface area contributed by atoms with Crippen LogP contribution in [0.2, 0.25) is 0 Å². The highest BCUT2D eigenvalue weighted by molar-refractivity contribution is 5.39. The molecule has 0 unspecified atom stereocenters. The maximum atomic E-state index is 12.9. The highest BCUT2D eigenvalue weighted by atomic mass is 19.4. The van der Waals surface area contributed by atoms with Gasteiger partial charge in [0.05, 0.1) is 5.56 Å². The van der Waals surface area contributed by atoms with Gasteiger partial charge in [-0.15, -0.1) is 0 Å². The average molecular weight is 513 g/mol. The van der Waals surface area contributed by atoms with Gasteiger partial charge in [0.25, 0.3) is 5.56 Å². The molecule has 5 rings (SSSR count). The van der Waals surface area contributed by atoms with Crippen LogP contribution in [0.3, 0.4) is 0 Å². The van der Waals surface area contributed by atoms with Crippen molar-refractivity contribution in [1.82, 2.24) is 24.2 Å². The number of nitrogens with zero attached hydrogens (tertiary/aromatic N) is 4. The number of alkyl halides is 6. The smallest absolute Gasteiger partial charge is 0.302 e. The molecule has 1 N–H and O–H groups in total. The lowest BCUT2D eigenvalue weighted by atomic mass is 9.94.